The molecule has 0 aliphatic rings. The van der Waals surface area contributed by atoms with Gasteiger partial charge in [-0.1, -0.05) is 0 Å². The second kappa shape index (κ2) is 6.58. The van der Waals surface area contributed by atoms with Crippen LogP contribution in [0.25, 0.3) is 0 Å². The minimum Gasteiger partial charge on any atom is -0.481 e. The van der Waals surface area contributed by atoms with E-state index in [0.717, 1.165) is 0 Å². The molecule has 0 heterocycles. The Bertz CT molecular complexity index is 363. The second-order valence-corrected chi connectivity index (χ2v) is 3.82. The molecule has 94 valence electrons. The first kappa shape index (κ1) is 16.5. The highest BCUT2D eigenvalue weighted by atomic mass is 32.2. The monoisotopic (exact) mass is 260 g/mol. The van der Waals surface area contributed by atoms with Crippen LogP contribution in [-0.4, -0.2) is 56.7 Å². The van der Waals surface area contributed by atoms with Crippen LogP contribution in [0.4, 0.5) is 4.79 Å². The Morgan fingerprint density at radius 2 is 1.31 bits per heavy atom. The summed E-state index contributed by atoms with van der Waals surface area (Å²) in [5.41, 5.74) is 0. The molecule has 0 aliphatic carbocycles. The molecule has 11 heteroatoms. The number of hydrogen-bond acceptors (Lipinski definition) is 5. The Labute approximate surface area is 88.5 Å². The molecular weight excluding hydrogens is 252 g/mol. The minimum absolute atomic E-state index is 1.16. The molecule has 5 N–H and O–H groups in total. The molecule has 0 radical (unpaired) electrons. The molecule has 10 nitrogen and oxygen atoms in total. The third-order valence-corrected chi connectivity index (χ3v) is 2.08. The molecule has 0 saturated carbocycles. The summed E-state index contributed by atoms with van der Waals surface area (Å²) >= 11 is 0. The van der Waals surface area contributed by atoms with Crippen LogP contribution >= 0.6 is 0 Å². The summed E-state index contributed by atoms with van der Waals surface area (Å²) in [5.74, 6) is -3.50. The van der Waals surface area contributed by atoms with Crippen molar-refractivity contribution in [2.75, 3.05) is 0 Å². The summed E-state index contributed by atoms with van der Waals surface area (Å²) in [6.07, 6.45) is -2.99. The molecule has 0 aromatic carbocycles. The number of carbonyl (C=O) groups is 3. The maximum atomic E-state index is 10.2. The summed E-state index contributed by atoms with van der Waals surface area (Å²) in [7, 11) is -4.84. The number of carboxylic acids is 2. The summed E-state index contributed by atoms with van der Waals surface area (Å²) in [6.45, 7) is 0. The fraction of sp³-hybridized carbons (Fsp3) is 0.400. The summed E-state index contributed by atoms with van der Waals surface area (Å²) in [6, 6.07) is 0. The SMILES string of the molecule is O=C(O)CC(C(=O)O)S(=O)(=O)O.O=C(O)O. The second-order valence-electron chi connectivity index (χ2n) is 2.22. The number of carboxylic acid groups (broad SMARTS) is 4. The van der Waals surface area contributed by atoms with E-state index in [9.17, 15) is 18.0 Å². The van der Waals surface area contributed by atoms with Crippen molar-refractivity contribution in [2.24, 2.45) is 0 Å². The average Bonchev–Trinajstić information content (AvgIpc) is 1.95. The highest BCUT2D eigenvalue weighted by Crippen LogP contribution is 2.04. The quantitative estimate of drug-likeness (QED) is 0.393. The minimum atomic E-state index is -4.84. The van der Waals surface area contributed by atoms with Gasteiger partial charge in [0.05, 0.1) is 6.42 Å². The highest BCUT2D eigenvalue weighted by Gasteiger charge is 2.33. The van der Waals surface area contributed by atoms with Gasteiger partial charge in [0.25, 0.3) is 10.1 Å². The molecule has 0 aliphatic heterocycles. The molecule has 0 aromatic heterocycles. The number of aliphatic carboxylic acids is 2. The zero-order chi connectivity index (χ0) is 13.5. The van der Waals surface area contributed by atoms with Gasteiger partial charge in [-0.25, -0.2) is 4.79 Å². The Kier molecular flexibility index (Phi) is 6.80. The van der Waals surface area contributed by atoms with E-state index in [1.54, 1.807) is 0 Å². The molecule has 0 amide bonds. The van der Waals surface area contributed by atoms with Gasteiger partial charge in [-0.2, -0.15) is 8.42 Å². The summed E-state index contributed by atoms with van der Waals surface area (Å²) in [5, 5.41) is 27.9. The van der Waals surface area contributed by atoms with Gasteiger partial charge in [-0.3, -0.25) is 14.1 Å². The fourth-order valence-electron chi connectivity index (χ4n) is 0.479. The smallest absolute Gasteiger partial charge is 0.481 e. The number of rotatable bonds is 4. The molecule has 16 heavy (non-hydrogen) atoms. The van der Waals surface area contributed by atoms with Gasteiger partial charge in [-0.05, 0) is 0 Å². The zero-order valence-electron chi connectivity index (χ0n) is 7.47. The van der Waals surface area contributed by atoms with Crippen molar-refractivity contribution in [3.05, 3.63) is 0 Å². The van der Waals surface area contributed by atoms with Crippen LogP contribution in [0.3, 0.4) is 0 Å². The van der Waals surface area contributed by atoms with Crippen molar-refractivity contribution in [1.29, 1.82) is 0 Å². The normalized spacial score (nSPS) is 11.8. The van der Waals surface area contributed by atoms with Crippen LogP contribution in [0, 0.1) is 0 Å². The van der Waals surface area contributed by atoms with Gasteiger partial charge in [0.15, 0.2) is 5.25 Å². The molecule has 0 bridgehead atoms. The first-order valence-electron chi connectivity index (χ1n) is 3.31. The molecule has 0 spiro atoms. The van der Waals surface area contributed by atoms with Crippen LogP contribution in [0.2, 0.25) is 0 Å². The van der Waals surface area contributed by atoms with Crippen molar-refractivity contribution >= 4 is 28.2 Å². The maximum absolute atomic E-state index is 10.2. The average molecular weight is 260 g/mol. The van der Waals surface area contributed by atoms with E-state index in [2.05, 4.69) is 0 Å². The van der Waals surface area contributed by atoms with Crippen LogP contribution in [0.5, 0.6) is 0 Å². The first-order valence-corrected chi connectivity index (χ1v) is 4.81. The van der Waals surface area contributed by atoms with Crippen LogP contribution in [0.15, 0.2) is 0 Å². The molecule has 1 atom stereocenters. The van der Waals surface area contributed by atoms with Gasteiger partial charge in [0.2, 0.25) is 0 Å². The molecule has 0 saturated heterocycles. The van der Waals surface area contributed by atoms with Gasteiger partial charge in [-0.15, -0.1) is 0 Å². The fourth-order valence-corrected chi connectivity index (χ4v) is 1.09. The van der Waals surface area contributed by atoms with Crippen molar-refractivity contribution in [2.45, 2.75) is 11.7 Å². The Morgan fingerprint density at radius 1 is 1.00 bits per heavy atom. The third-order valence-electron chi connectivity index (χ3n) is 0.995. The maximum Gasteiger partial charge on any atom is 0.503 e. The van der Waals surface area contributed by atoms with E-state index < -0.39 is 39.9 Å². The third kappa shape index (κ3) is 10.2. The predicted octanol–water partition coefficient (Wildman–Crippen LogP) is -0.975. The van der Waals surface area contributed by atoms with Crippen LogP contribution < -0.4 is 0 Å². The lowest BCUT2D eigenvalue weighted by atomic mass is 10.3. The van der Waals surface area contributed by atoms with Gasteiger partial charge in [0.1, 0.15) is 0 Å². The van der Waals surface area contributed by atoms with E-state index in [1.165, 1.54) is 0 Å². The number of hydrogen-bond donors (Lipinski definition) is 5. The topological polar surface area (TPSA) is 186 Å². The lowest BCUT2D eigenvalue weighted by Crippen LogP contribution is -2.31. The lowest BCUT2D eigenvalue weighted by Gasteiger charge is -2.04. The van der Waals surface area contributed by atoms with Crippen molar-refractivity contribution in [3.63, 3.8) is 0 Å². The van der Waals surface area contributed by atoms with Gasteiger partial charge < -0.3 is 20.4 Å². The Balaban J connectivity index is 0. The molecule has 0 fully saturated rings. The van der Waals surface area contributed by atoms with E-state index in [-0.39, 0.29) is 0 Å². The summed E-state index contributed by atoms with van der Waals surface area (Å²) < 4.78 is 28.7. The molecule has 0 aromatic rings. The molecule has 0 rings (SSSR count). The predicted molar refractivity (Wildman–Crippen MR) is 45.9 cm³/mol. The Morgan fingerprint density at radius 3 is 1.38 bits per heavy atom. The van der Waals surface area contributed by atoms with Crippen molar-refractivity contribution < 1.29 is 47.8 Å². The van der Waals surface area contributed by atoms with Crippen molar-refractivity contribution in [3.8, 4) is 0 Å². The van der Waals surface area contributed by atoms with E-state index >= 15 is 0 Å². The van der Waals surface area contributed by atoms with Gasteiger partial charge >= 0.3 is 18.1 Å². The van der Waals surface area contributed by atoms with Crippen LogP contribution in [-0.2, 0) is 19.7 Å². The largest absolute Gasteiger partial charge is 0.503 e. The Hall–Kier alpha value is -1.88. The van der Waals surface area contributed by atoms with E-state index in [4.69, 9.17) is 29.8 Å². The van der Waals surface area contributed by atoms with Gasteiger partial charge in [0, 0.05) is 0 Å². The highest BCUT2D eigenvalue weighted by molar-refractivity contribution is 7.87. The van der Waals surface area contributed by atoms with Crippen LogP contribution in [0.1, 0.15) is 6.42 Å². The lowest BCUT2D eigenvalue weighted by molar-refractivity contribution is -0.143. The molecule has 1 unspecified atom stereocenters. The zero-order valence-corrected chi connectivity index (χ0v) is 8.29. The molecular formula is C5H8O10S. The van der Waals surface area contributed by atoms with Crippen molar-refractivity contribution in [1.82, 2.24) is 0 Å². The first-order chi connectivity index (χ1) is 6.98. The standard InChI is InChI=1S/C4H6O7S.CH2O3/c5-3(6)1-2(4(7)8)12(9,10)11;2-1(3)4/h2H,1H2,(H,5,6)(H,7,8)(H,9,10,11);(H2,2,3,4). The van der Waals surface area contributed by atoms with E-state index in [1.807, 2.05) is 0 Å². The van der Waals surface area contributed by atoms with E-state index in [0.29, 0.717) is 0 Å². The summed E-state index contributed by atoms with van der Waals surface area (Å²) in [4.78, 5) is 28.6.